The van der Waals surface area contributed by atoms with Crippen molar-refractivity contribution in [2.45, 2.75) is 19.4 Å². The number of nitrogens with zero attached hydrogens (tertiary/aromatic N) is 5. The van der Waals surface area contributed by atoms with Gasteiger partial charge in [0.15, 0.2) is 5.82 Å². The standard InChI is InChI=1S/C18H26N6O/c1-13-10-16(21-24(13)4)20-18(25)23(3)12-15-7-9-22(2)17(15)14-6-5-8-19-11-14/h5-6,8,10-11,15,17H,7,9,12H2,1-4H3,(H,20,21,25)/t15-,17-/m0/s1. The second-order valence-electron chi connectivity index (χ2n) is 6.87. The fourth-order valence-electron chi connectivity index (χ4n) is 3.56. The average molecular weight is 342 g/mol. The average Bonchev–Trinajstić information content (AvgIpc) is 3.10. The van der Waals surface area contributed by atoms with Crippen LogP contribution in [0.4, 0.5) is 10.6 Å². The zero-order valence-electron chi connectivity index (χ0n) is 15.3. The van der Waals surface area contributed by atoms with Gasteiger partial charge in [-0.3, -0.25) is 19.9 Å². The summed E-state index contributed by atoms with van der Waals surface area (Å²) >= 11 is 0. The van der Waals surface area contributed by atoms with E-state index in [0.717, 1.165) is 18.7 Å². The van der Waals surface area contributed by atoms with Crippen molar-refractivity contribution in [3.05, 3.63) is 41.9 Å². The molecule has 2 amide bonds. The number of anilines is 1. The van der Waals surface area contributed by atoms with Gasteiger partial charge in [0.1, 0.15) is 0 Å². The van der Waals surface area contributed by atoms with Gasteiger partial charge in [-0.25, -0.2) is 4.79 Å². The molecular weight excluding hydrogens is 316 g/mol. The van der Waals surface area contributed by atoms with Gasteiger partial charge in [-0.15, -0.1) is 0 Å². The lowest BCUT2D eigenvalue weighted by molar-refractivity contribution is 0.201. The molecule has 0 unspecified atom stereocenters. The molecule has 7 heteroatoms. The quantitative estimate of drug-likeness (QED) is 0.926. The molecule has 3 heterocycles. The number of hydrogen-bond acceptors (Lipinski definition) is 4. The normalized spacial score (nSPS) is 20.6. The molecule has 0 bridgehead atoms. The number of carbonyl (C=O) groups excluding carboxylic acids is 1. The molecule has 1 saturated heterocycles. The van der Waals surface area contributed by atoms with Crippen molar-refractivity contribution in [3.8, 4) is 0 Å². The molecule has 25 heavy (non-hydrogen) atoms. The van der Waals surface area contributed by atoms with Crippen LogP contribution in [0.25, 0.3) is 0 Å². The van der Waals surface area contributed by atoms with Crippen LogP contribution in [0.2, 0.25) is 0 Å². The Balaban J connectivity index is 1.65. The molecule has 2 aromatic heterocycles. The molecule has 0 aliphatic carbocycles. The molecule has 2 aromatic rings. The van der Waals surface area contributed by atoms with E-state index in [4.69, 9.17) is 0 Å². The number of urea groups is 1. The van der Waals surface area contributed by atoms with Crippen LogP contribution in [0.15, 0.2) is 30.6 Å². The van der Waals surface area contributed by atoms with E-state index in [-0.39, 0.29) is 6.03 Å². The molecular formula is C18H26N6O. The van der Waals surface area contributed by atoms with Crippen LogP contribution < -0.4 is 5.32 Å². The van der Waals surface area contributed by atoms with Gasteiger partial charge in [0.2, 0.25) is 0 Å². The van der Waals surface area contributed by atoms with Gasteiger partial charge in [-0.05, 0) is 44.5 Å². The molecule has 1 N–H and O–H groups in total. The minimum atomic E-state index is -0.127. The van der Waals surface area contributed by atoms with Crippen LogP contribution in [0, 0.1) is 12.8 Å². The highest BCUT2D eigenvalue weighted by Crippen LogP contribution is 2.36. The Morgan fingerprint density at radius 1 is 1.44 bits per heavy atom. The van der Waals surface area contributed by atoms with E-state index in [0.29, 0.717) is 24.3 Å². The highest BCUT2D eigenvalue weighted by atomic mass is 16.2. The van der Waals surface area contributed by atoms with Gasteiger partial charge in [-0.2, -0.15) is 5.10 Å². The summed E-state index contributed by atoms with van der Waals surface area (Å²) in [5.74, 6) is 0.972. The molecule has 7 nitrogen and oxygen atoms in total. The third kappa shape index (κ3) is 3.82. The second kappa shape index (κ2) is 7.23. The lowest BCUT2D eigenvalue weighted by Gasteiger charge is -2.28. The summed E-state index contributed by atoms with van der Waals surface area (Å²) in [5, 5.41) is 7.15. The Kier molecular flexibility index (Phi) is 5.03. The summed E-state index contributed by atoms with van der Waals surface area (Å²) in [4.78, 5) is 20.8. The summed E-state index contributed by atoms with van der Waals surface area (Å²) in [6, 6.07) is 6.12. The zero-order valence-corrected chi connectivity index (χ0v) is 15.3. The first kappa shape index (κ1) is 17.4. The van der Waals surface area contributed by atoms with Crippen molar-refractivity contribution < 1.29 is 4.79 Å². The number of likely N-dealkylation sites (tertiary alicyclic amines) is 1. The molecule has 0 spiro atoms. The third-order valence-corrected chi connectivity index (χ3v) is 5.00. The van der Waals surface area contributed by atoms with Crippen LogP contribution in [0.5, 0.6) is 0 Å². The Morgan fingerprint density at radius 3 is 2.88 bits per heavy atom. The number of carbonyl (C=O) groups is 1. The first-order chi connectivity index (χ1) is 12.0. The van der Waals surface area contributed by atoms with Crippen LogP contribution in [-0.4, -0.2) is 57.8 Å². The number of hydrogen-bond donors (Lipinski definition) is 1. The highest BCUT2D eigenvalue weighted by molar-refractivity contribution is 5.88. The number of aryl methyl sites for hydroxylation is 2. The number of rotatable bonds is 4. The zero-order chi connectivity index (χ0) is 18.0. The topological polar surface area (TPSA) is 66.3 Å². The van der Waals surface area contributed by atoms with Gasteiger partial charge in [0.05, 0.1) is 0 Å². The maximum atomic E-state index is 12.5. The summed E-state index contributed by atoms with van der Waals surface area (Å²) in [6.45, 7) is 3.68. The Hall–Kier alpha value is -2.41. The summed E-state index contributed by atoms with van der Waals surface area (Å²) in [7, 11) is 5.83. The van der Waals surface area contributed by atoms with Crippen molar-refractivity contribution in [2.75, 3.05) is 32.5 Å². The molecule has 0 aromatic carbocycles. The number of aromatic nitrogens is 3. The summed E-state index contributed by atoms with van der Waals surface area (Å²) < 4.78 is 1.75. The van der Waals surface area contributed by atoms with Crippen LogP contribution in [0.3, 0.4) is 0 Å². The first-order valence-corrected chi connectivity index (χ1v) is 8.58. The monoisotopic (exact) mass is 342 g/mol. The van der Waals surface area contributed by atoms with Crippen LogP contribution in [0.1, 0.15) is 23.7 Å². The molecule has 0 radical (unpaired) electrons. The molecule has 2 atom stereocenters. The van der Waals surface area contributed by atoms with Crippen LogP contribution >= 0.6 is 0 Å². The molecule has 1 fully saturated rings. The van der Waals surface area contributed by atoms with E-state index in [1.54, 1.807) is 15.8 Å². The van der Waals surface area contributed by atoms with Gasteiger partial charge < -0.3 is 4.90 Å². The van der Waals surface area contributed by atoms with E-state index in [2.05, 4.69) is 33.4 Å². The van der Waals surface area contributed by atoms with Crippen molar-refractivity contribution in [1.29, 1.82) is 0 Å². The Labute approximate surface area is 148 Å². The lowest BCUT2D eigenvalue weighted by Crippen LogP contribution is -2.37. The van der Waals surface area contributed by atoms with E-state index in [9.17, 15) is 4.79 Å². The lowest BCUT2D eigenvalue weighted by atomic mass is 9.94. The summed E-state index contributed by atoms with van der Waals surface area (Å²) in [6.07, 6.45) is 4.79. The molecule has 1 aliphatic heterocycles. The Morgan fingerprint density at radius 2 is 2.24 bits per heavy atom. The smallest absolute Gasteiger partial charge is 0.322 e. The second-order valence-corrected chi connectivity index (χ2v) is 6.87. The van der Waals surface area contributed by atoms with Crippen molar-refractivity contribution in [3.63, 3.8) is 0 Å². The SMILES string of the molecule is Cc1cc(NC(=O)N(C)C[C@@H]2CCN(C)[C@H]2c2cccnc2)nn1C. The van der Waals surface area contributed by atoms with E-state index < -0.39 is 0 Å². The minimum absolute atomic E-state index is 0.127. The molecule has 3 rings (SSSR count). The number of nitrogens with one attached hydrogen (secondary N) is 1. The summed E-state index contributed by atoms with van der Waals surface area (Å²) in [5.41, 5.74) is 2.22. The Bertz CT molecular complexity index is 709. The van der Waals surface area contributed by atoms with Crippen LogP contribution in [-0.2, 0) is 7.05 Å². The predicted molar refractivity (Wildman–Crippen MR) is 97.3 cm³/mol. The maximum Gasteiger partial charge on any atom is 0.322 e. The van der Waals surface area contributed by atoms with Gasteiger partial charge in [-0.1, -0.05) is 6.07 Å². The van der Waals surface area contributed by atoms with Crippen molar-refractivity contribution in [2.24, 2.45) is 13.0 Å². The van der Waals surface area contributed by atoms with Crippen molar-refractivity contribution in [1.82, 2.24) is 24.6 Å². The fourth-order valence-corrected chi connectivity index (χ4v) is 3.56. The molecule has 1 aliphatic rings. The minimum Gasteiger partial charge on any atom is -0.327 e. The molecule has 134 valence electrons. The van der Waals surface area contributed by atoms with E-state index in [1.165, 1.54) is 5.56 Å². The van der Waals surface area contributed by atoms with Gasteiger partial charge in [0.25, 0.3) is 0 Å². The number of amides is 2. The largest absolute Gasteiger partial charge is 0.327 e. The van der Waals surface area contributed by atoms with E-state index >= 15 is 0 Å². The highest BCUT2D eigenvalue weighted by Gasteiger charge is 2.34. The van der Waals surface area contributed by atoms with E-state index in [1.807, 2.05) is 39.3 Å². The maximum absolute atomic E-state index is 12.5. The van der Waals surface area contributed by atoms with Gasteiger partial charge >= 0.3 is 6.03 Å². The first-order valence-electron chi connectivity index (χ1n) is 8.58. The third-order valence-electron chi connectivity index (χ3n) is 5.00. The van der Waals surface area contributed by atoms with Crippen molar-refractivity contribution >= 4 is 11.8 Å². The predicted octanol–water partition coefficient (Wildman–Crippen LogP) is 2.28. The number of pyridine rings is 1. The van der Waals surface area contributed by atoms with Gasteiger partial charge in [0, 0.05) is 50.8 Å². The molecule has 0 saturated carbocycles. The fraction of sp³-hybridized carbons (Fsp3) is 0.500.